The van der Waals surface area contributed by atoms with Crippen molar-refractivity contribution in [3.63, 3.8) is 0 Å². The van der Waals surface area contributed by atoms with Crippen LogP contribution in [-0.4, -0.2) is 29.9 Å². The monoisotopic (exact) mass is 542 g/mol. The van der Waals surface area contributed by atoms with Gasteiger partial charge in [0.05, 0.1) is 17.9 Å². The fourth-order valence-corrected chi connectivity index (χ4v) is 6.05. The van der Waals surface area contributed by atoms with Crippen LogP contribution in [0.1, 0.15) is 60.2 Å². The molecular formula is C29H30N6O3S. The second-order valence-electron chi connectivity index (χ2n) is 11.0. The number of thioether (sulfide) groups is 1. The number of nitrogens with one attached hydrogen (secondary N) is 1. The molecule has 0 amide bonds. The maximum absolute atomic E-state index is 13.1. The van der Waals surface area contributed by atoms with Crippen LogP contribution < -0.4 is 11.2 Å². The van der Waals surface area contributed by atoms with Crippen LogP contribution in [0.15, 0.2) is 51.0 Å². The molecule has 1 aliphatic carbocycles. The van der Waals surface area contributed by atoms with Crippen molar-refractivity contribution in [1.82, 2.24) is 24.1 Å². The summed E-state index contributed by atoms with van der Waals surface area (Å²) in [7, 11) is 1.53. The molecule has 0 aliphatic heterocycles. The zero-order valence-corrected chi connectivity index (χ0v) is 23.3. The van der Waals surface area contributed by atoms with Crippen molar-refractivity contribution in [3.8, 4) is 6.07 Å². The fourth-order valence-electron chi connectivity index (χ4n) is 5.13. The summed E-state index contributed by atoms with van der Waals surface area (Å²) in [6.45, 7) is 6.64. The molecule has 1 aromatic carbocycles. The number of carbonyl (C=O) groups is 1. The first-order valence-electron chi connectivity index (χ1n) is 12.9. The lowest BCUT2D eigenvalue weighted by Crippen LogP contribution is -2.29. The standard InChI is InChI=1S/C29H30N6O3S/c1-29(2,3)20-10-11-21-18(13-20)12-19(14-30)27(31-21)39-16-23-32-25-24(26(37)33-28(38)34(25)4)35(23)15-22(36)17-8-6-5-7-9-17/h5-9,12,20H,10-11,13,15-16H2,1-4H3,(H,33,37,38). The van der Waals surface area contributed by atoms with Crippen molar-refractivity contribution in [3.05, 3.63) is 85.4 Å². The minimum atomic E-state index is -0.601. The number of nitrogens with zero attached hydrogens (tertiary/aromatic N) is 5. The van der Waals surface area contributed by atoms with E-state index in [1.54, 1.807) is 28.8 Å². The van der Waals surface area contributed by atoms with E-state index in [1.807, 2.05) is 12.1 Å². The molecule has 3 aromatic heterocycles. The third-order valence-corrected chi connectivity index (χ3v) is 8.51. The van der Waals surface area contributed by atoms with E-state index in [2.05, 4.69) is 36.8 Å². The topological polar surface area (TPSA) is 126 Å². The minimum absolute atomic E-state index is 0.116. The van der Waals surface area contributed by atoms with E-state index in [0.29, 0.717) is 27.9 Å². The van der Waals surface area contributed by atoms with Gasteiger partial charge >= 0.3 is 5.69 Å². The number of pyridine rings is 1. The van der Waals surface area contributed by atoms with Gasteiger partial charge in [0.2, 0.25) is 0 Å². The van der Waals surface area contributed by atoms with E-state index in [9.17, 15) is 19.6 Å². The summed E-state index contributed by atoms with van der Waals surface area (Å²) in [4.78, 5) is 50.0. The average molecular weight is 543 g/mol. The molecule has 4 aromatic rings. The Morgan fingerprint density at radius 2 is 1.95 bits per heavy atom. The molecule has 0 bridgehead atoms. The van der Waals surface area contributed by atoms with Crippen LogP contribution >= 0.6 is 11.8 Å². The quantitative estimate of drug-likeness (QED) is 0.288. The van der Waals surface area contributed by atoms with Gasteiger partial charge in [0, 0.05) is 18.3 Å². The molecule has 1 N–H and O–H groups in total. The van der Waals surface area contributed by atoms with E-state index in [0.717, 1.165) is 30.5 Å². The summed E-state index contributed by atoms with van der Waals surface area (Å²) in [6.07, 6.45) is 2.81. The third kappa shape index (κ3) is 5.19. The Kier molecular flexibility index (Phi) is 7.03. The van der Waals surface area contributed by atoms with E-state index in [-0.39, 0.29) is 34.7 Å². The number of H-pyrrole nitrogens is 1. The SMILES string of the molecule is Cn1c(=O)[nH]c(=O)c2c1nc(CSc1nc3c(cc1C#N)CC(C(C)(C)C)CC3)n2CC(=O)c1ccccc1. The first kappa shape index (κ1) is 26.6. The molecule has 39 heavy (non-hydrogen) atoms. The number of imidazole rings is 1. The fraction of sp³-hybridized carbons (Fsp3) is 0.379. The lowest BCUT2D eigenvalue weighted by Gasteiger charge is -2.34. The Bertz CT molecular complexity index is 1740. The maximum atomic E-state index is 13.1. The lowest BCUT2D eigenvalue weighted by molar-refractivity contribution is 0.0972. The van der Waals surface area contributed by atoms with Crippen molar-refractivity contribution in [2.45, 2.75) is 57.4 Å². The lowest BCUT2D eigenvalue weighted by atomic mass is 9.71. The van der Waals surface area contributed by atoms with Gasteiger partial charge in [-0.05, 0) is 42.2 Å². The van der Waals surface area contributed by atoms with Gasteiger partial charge in [-0.3, -0.25) is 19.1 Å². The smallest absolute Gasteiger partial charge is 0.313 e. The van der Waals surface area contributed by atoms with Crippen molar-refractivity contribution in [1.29, 1.82) is 5.26 Å². The van der Waals surface area contributed by atoms with Crippen molar-refractivity contribution in [2.75, 3.05) is 0 Å². The normalized spacial score (nSPS) is 15.2. The van der Waals surface area contributed by atoms with Gasteiger partial charge in [0.15, 0.2) is 16.9 Å². The van der Waals surface area contributed by atoms with Crippen molar-refractivity contribution in [2.24, 2.45) is 18.4 Å². The number of Topliss-reactive ketones (excluding diaryl/α,β-unsaturated/α-hetero) is 1. The minimum Gasteiger partial charge on any atom is -0.313 e. The molecule has 200 valence electrons. The molecule has 10 heteroatoms. The molecule has 1 unspecified atom stereocenters. The van der Waals surface area contributed by atoms with Gasteiger partial charge in [-0.25, -0.2) is 14.8 Å². The number of ketones is 1. The molecule has 0 radical (unpaired) electrons. The number of benzene rings is 1. The Morgan fingerprint density at radius 1 is 1.21 bits per heavy atom. The largest absolute Gasteiger partial charge is 0.329 e. The molecule has 3 heterocycles. The molecule has 0 saturated carbocycles. The van der Waals surface area contributed by atoms with E-state index < -0.39 is 11.2 Å². The Labute approximate surface area is 229 Å². The molecule has 0 fully saturated rings. The summed E-state index contributed by atoms with van der Waals surface area (Å²) in [5, 5.41) is 10.5. The van der Waals surface area contributed by atoms with Crippen LogP contribution in [-0.2, 0) is 32.2 Å². The zero-order valence-electron chi connectivity index (χ0n) is 22.4. The number of aryl methyl sites for hydroxylation is 2. The third-order valence-electron chi connectivity index (χ3n) is 7.52. The predicted molar refractivity (Wildman–Crippen MR) is 150 cm³/mol. The summed E-state index contributed by atoms with van der Waals surface area (Å²) in [5.41, 5.74) is 2.52. The molecule has 1 atom stereocenters. The summed E-state index contributed by atoms with van der Waals surface area (Å²) in [5.74, 6) is 1.05. The van der Waals surface area contributed by atoms with Gasteiger partial charge in [0.25, 0.3) is 5.56 Å². The highest BCUT2D eigenvalue weighted by Gasteiger charge is 2.30. The Balaban J connectivity index is 1.50. The van der Waals surface area contributed by atoms with Crippen LogP contribution in [0.2, 0.25) is 0 Å². The molecular weight excluding hydrogens is 512 g/mol. The Morgan fingerprint density at radius 3 is 2.64 bits per heavy atom. The molecule has 0 saturated heterocycles. The number of fused-ring (bicyclic) bond motifs is 2. The van der Waals surface area contributed by atoms with Gasteiger partial charge in [0.1, 0.15) is 16.9 Å². The van der Waals surface area contributed by atoms with Gasteiger partial charge in [-0.15, -0.1) is 0 Å². The summed E-state index contributed by atoms with van der Waals surface area (Å²) >= 11 is 1.34. The van der Waals surface area contributed by atoms with Crippen LogP contribution in [0.3, 0.4) is 0 Å². The second kappa shape index (κ2) is 10.3. The van der Waals surface area contributed by atoms with Crippen LogP contribution in [0.5, 0.6) is 0 Å². The van der Waals surface area contributed by atoms with Crippen LogP contribution in [0, 0.1) is 22.7 Å². The van der Waals surface area contributed by atoms with Gasteiger partial charge < -0.3 is 4.57 Å². The molecule has 0 spiro atoms. The molecule has 9 nitrogen and oxygen atoms in total. The highest BCUT2D eigenvalue weighted by atomic mass is 32.2. The maximum Gasteiger partial charge on any atom is 0.329 e. The average Bonchev–Trinajstić information content (AvgIpc) is 3.28. The van der Waals surface area contributed by atoms with Gasteiger partial charge in [-0.2, -0.15) is 5.26 Å². The van der Waals surface area contributed by atoms with Gasteiger partial charge in [-0.1, -0.05) is 62.9 Å². The van der Waals surface area contributed by atoms with E-state index in [4.69, 9.17) is 4.98 Å². The number of aromatic amines is 1. The zero-order chi connectivity index (χ0) is 27.9. The predicted octanol–water partition coefficient (Wildman–Crippen LogP) is 4.02. The van der Waals surface area contributed by atoms with Crippen LogP contribution in [0.25, 0.3) is 11.2 Å². The van der Waals surface area contributed by atoms with Crippen molar-refractivity contribution >= 4 is 28.7 Å². The number of nitriles is 1. The van der Waals surface area contributed by atoms with E-state index >= 15 is 0 Å². The number of carbonyl (C=O) groups excluding carboxylic acids is 1. The summed E-state index contributed by atoms with van der Waals surface area (Å²) < 4.78 is 2.83. The Hall–Kier alpha value is -3.97. The number of hydrogen-bond acceptors (Lipinski definition) is 7. The number of aromatic nitrogens is 5. The first-order valence-corrected chi connectivity index (χ1v) is 13.9. The number of hydrogen-bond donors (Lipinski definition) is 1. The highest BCUT2D eigenvalue weighted by molar-refractivity contribution is 7.98. The van der Waals surface area contributed by atoms with E-state index in [1.165, 1.54) is 23.4 Å². The molecule has 5 rings (SSSR count). The first-order chi connectivity index (χ1) is 18.6. The van der Waals surface area contributed by atoms with Crippen molar-refractivity contribution < 1.29 is 4.79 Å². The molecule has 1 aliphatic rings. The summed E-state index contributed by atoms with van der Waals surface area (Å²) in [6, 6.07) is 13.1. The number of rotatable bonds is 6. The highest BCUT2D eigenvalue weighted by Crippen LogP contribution is 2.38. The van der Waals surface area contributed by atoms with Crippen LogP contribution in [0.4, 0.5) is 0 Å². The second-order valence-corrected chi connectivity index (χ2v) is 12.0.